The maximum atomic E-state index is 13.5. The van der Waals surface area contributed by atoms with E-state index in [-0.39, 0.29) is 12.3 Å². The lowest BCUT2D eigenvalue weighted by Gasteiger charge is -2.38. The van der Waals surface area contributed by atoms with E-state index in [4.69, 9.17) is 16.3 Å². The molecule has 1 saturated heterocycles. The van der Waals surface area contributed by atoms with Gasteiger partial charge in [-0.2, -0.15) is 13.2 Å². The molecule has 0 radical (unpaired) electrons. The topological polar surface area (TPSA) is 49.9 Å². The number of nitrogens with zero attached hydrogens (tertiary/aromatic N) is 2. The van der Waals surface area contributed by atoms with Gasteiger partial charge in [0.15, 0.2) is 0 Å². The van der Waals surface area contributed by atoms with Crippen LogP contribution < -0.4 is 9.64 Å². The van der Waals surface area contributed by atoms with E-state index in [1.54, 1.807) is 53.4 Å². The van der Waals surface area contributed by atoms with Crippen LogP contribution in [0.15, 0.2) is 72.8 Å². The van der Waals surface area contributed by atoms with Crippen LogP contribution in [0.4, 0.5) is 18.9 Å². The predicted molar refractivity (Wildman–Crippen MR) is 129 cm³/mol. The number of hydrogen-bond donors (Lipinski definition) is 0. The van der Waals surface area contributed by atoms with Gasteiger partial charge >= 0.3 is 12.1 Å². The van der Waals surface area contributed by atoms with Gasteiger partial charge in [-0.3, -0.25) is 9.59 Å². The zero-order valence-electron chi connectivity index (χ0n) is 19.1. The molecule has 2 heterocycles. The number of hydrogen-bond acceptors (Lipinski definition) is 4. The number of benzene rings is 3. The molecular formula is C27H22ClF3N2O3. The first-order valence-electron chi connectivity index (χ1n) is 11.5. The molecule has 2 aliphatic heterocycles. The normalized spacial score (nSPS) is 19.7. The highest BCUT2D eigenvalue weighted by Crippen LogP contribution is 2.48. The Morgan fingerprint density at radius 3 is 2.36 bits per heavy atom. The average Bonchev–Trinajstić information content (AvgIpc) is 3.15. The summed E-state index contributed by atoms with van der Waals surface area (Å²) >= 11 is 6.25. The lowest BCUT2D eigenvalue weighted by atomic mass is 9.72. The Bertz CT molecular complexity index is 1310. The van der Waals surface area contributed by atoms with E-state index in [2.05, 4.69) is 0 Å². The molecule has 1 atom stereocenters. The average molecular weight is 515 g/mol. The number of esters is 1. The highest BCUT2D eigenvalue weighted by Gasteiger charge is 2.52. The van der Waals surface area contributed by atoms with Crippen LogP contribution in [0.2, 0.25) is 5.02 Å². The van der Waals surface area contributed by atoms with Crippen molar-refractivity contribution in [2.75, 3.05) is 31.1 Å². The van der Waals surface area contributed by atoms with E-state index in [1.807, 2.05) is 11.0 Å². The fourth-order valence-electron chi connectivity index (χ4n) is 4.92. The van der Waals surface area contributed by atoms with Crippen molar-refractivity contribution in [3.8, 4) is 5.75 Å². The summed E-state index contributed by atoms with van der Waals surface area (Å²) < 4.78 is 44.9. The summed E-state index contributed by atoms with van der Waals surface area (Å²) in [4.78, 5) is 30.3. The molecule has 0 bridgehead atoms. The fourth-order valence-corrected chi connectivity index (χ4v) is 5.09. The summed E-state index contributed by atoms with van der Waals surface area (Å²) in [5.74, 6) is -0.412. The molecule has 2 aliphatic rings. The Hall–Kier alpha value is -3.52. The molecule has 1 amide bonds. The minimum Gasteiger partial charge on any atom is -0.425 e. The second kappa shape index (κ2) is 9.17. The number of carbonyl (C=O) groups is 2. The summed E-state index contributed by atoms with van der Waals surface area (Å²) in [5, 5.41) is 0.425. The van der Waals surface area contributed by atoms with Crippen molar-refractivity contribution in [1.29, 1.82) is 0 Å². The molecule has 0 saturated carbocycles. The van der Waals surface area contributed by atoms with Crippen LogP contribution in [0.5, 0.6) is 5.75 Å². The monoisotopic (exact) mass is 514 g/mol. The lowest BCUT2D eigenvalue weighted by Crippen LogP contribution is -2.51. The predicted octanol–water partition coefficient (Wildman–Crippen LogP) is 5.30. The number of ether oxygens (including phenoxy) is 1. The van der Waals surface area contributed by atoms with Crippen molar-refractivity contribution in [3.05, 3.63) is 94.5 Å². The van der Waals surface area contributed by atoms with E-state index in [9.17, 15) is 22.8 Å². The lowest BCUT2D eigenvalue weighted by molar-refractivity contribution is -0.142. The highest BCUT2D eigenvalue weighted by molar-refractivity contribution is 6.30. The Morgan fingerprint density at radius 1 is 0.944 bits per heavy atom. The number of piperazine rings is 1. The minimum atomic E-state index is -4.42. The minimum absolute atomic E-state index is 0.146. The first kappa shape index (κ1) is 24.2. The highest BCUT2D eigenvalue weighted by atomic mass is 35.5. The van der Waals surface area contributed by atoms with Crippen LogP contribution in [-0.4, -0.2) is 43.0 Å². The molecule has 3 aromatic carbocycles. The second-order valence-electron chi connectivity index (χ2n) is 8.89. The standard InChI is InChI=1S/C27H22ClF3N2O3/c28-20-9-10-23-22(16-20)26(25(35)36-23,18-5-2-1-3-6-18)17-24(34)33-13-11-32(12-14-33)21-8-4-7-19(15-21)27(29,30)31/h1-10,15-16H,11-14,17H2. The van der Waals surface area contributed by atoms with Gasteiger partial charge in [0, 0.05) is 42.5 Å². The third-order valence-electron chi connectivity index (χ3n) is 6.81. The summed E-state index contributed by atoms with van der Waals surface area (Å²) in [6.07, 6.45) is -4.57. The van der Waals surface area contributed by atoms with E-state index in [0.29, 0.717) is 53.8 Å². The number of amides is 1. The number of anilines is 1. The molecule has 0 N–H and O–H groups in total. The number of alkyl halides is 3. The van der Waals surface area contributed by atoms with E-state index in [0.717, 1.165) is 12.1 Å². The van der Waals surface area contributed by atoms with Gasteiger partial charge in [-0.1, -0.05) is 48.0 Å². The van der Waals surface area contributed by atoms with Crippen molar-refractivity contribution in [2.24, 2.45) is 0 Å². The molecule has 186 valence electrons. The molecule has 0 aromatic heterocycles. The van der Waals surface area contributed by atoms with Gasteiger partial charge in [0.25, 0.3) is 0 Å². The fraction of sp³-hybridized carbons (Fsp3) is 0.259. The van der Waals surface area contributed by atoms with E-state index < -0.39 is 23.1 Å². The maximum Gasteiger partial charge on any atom is 0.416 e. The Balaban J connectivity index is 1.37. The molecule has 0 aliphatic carbocycles. The van der Waals surface area contributed by atoms with Gasteiger partial charge in [0.05, 0.1) is 12.0 Å². The SMILES string of the molecule is O=C(CC1(c2ccccc2)C(=O)Oc2ccc(Cl)cc21)N1CCN(c2cccc(C(F)(F)F)c2)CC1. The maximum absolute atomic E-state index is 13.5. The summed E-state index contributed by atoms with van der Waals surface area (Å²) in [6, 6.07) is 19.1. The molecule has 3 aromatic rings. The molecule has 1 unspecified atom stereocenters. The molecular weight excluding hydrogens is 493 g/mol. The summed E-state index contributed by atoms with van der Waals surface area (Å²) in [7, 11) is 0. The van der Waals surface area contributed by atoms with Gasteiger partial charge in [-0.15, -0.1) is 0 Å². The molecule has 5 nitrogen and oxygen atoms in total. The zero-order chi connectivity index (χ0) is 25.5. The molecule has 1 fully saturated rings. The van der Waals surface area contributed by atoms with Gasteiger partial charge in [0.1, 0.15) is 11.2 Å². The molecule has 9 heteroatoms. The first-order chi connectivity index (χ1) is 17.2. The van der Waals surface area contributed by atoms with E-state index >= 15 is 0 Å². The summed E-state index contributed by atoms with van der Waals surface area (Å²) in [6.45, 7) is 1.38. The van der Waals surface area contributed by atoms with Gasteiger partial charge in [-0.05, 0) is 42.0 Å². The van der Waals surface area contributed by atoms with Crippen LogP contribution in [0.3, 0.4) is 0 Å². The van der Waals surface area contributed by atoms with Crippen molar-refractivity contribution < 1.29 is 27.5 Å². The Morgan fingerprint density at radius 2 is 1.67 bits per heavy atom. The Kier molecular flexibility index (Phi) is 6.16. The first-order valence-corrected chi connectivity index (χ1v) is 11.8. The molecule has 0 spiro atoms. The summed E-state index contributed by atoms with van der Waals surface area (Å²) in [5.41, 5.74) is -0.411. The number of rotatable bonds is 4. The number of halogens is 4. The van der Waals surface area contributed by atoms with Crippen LogP contribution in [-0.2, 0) is 21.2 Å². The number of carbonyl (C=O) groups excluding carboxylic acids is 2. The van der Waals surface area contributed by atoms with Crippen LogP contribution in [0.1, 0.15) is 23.1 Å². The molecule has 5 rings (SSSR count). The van der Waals surface area contributed by atoms with Gasteiger partial charge in [-0.25, -0.2) is 0 Å². The largest absolute Gasteiger partial charge is 0.425 e. The van der Waals surface area contributed by atoms with Gasteiger partial charge in [0.2, 0.25) is 5.91 Å². The van der Waals surface area contributed by atoms with Crippen molar-refractivity contribution in [1.82, 2.24) is 4.90 Å². The van der Waals surface area contributed by atoms with Crippen LogP contribution in [0.25, 0.3) is 0 Å². The molecule has 36 heavy (non-hydrogen) atoms. The van der Waals surface area contributed by atoms with E-state index in [1.165, 1.54) is 6.07 Å². The van der Waals surface area contributed by atoms with Gasteiger partial charge < -0.3 is 14.5 Å². The van der Waals surface area contributed by atoms with Crippen molar-refractivity contribution >= 4 is 29.2 Å². The van der Waals surface area contributed by atoms with Crippen molar-refractivity contribution in [3.63, 3.8) is 0 Å². The Labute approximate surface area is 211 Å². The third-order valence-corrected chi connectivity index (χ3v) is 7.04. The smallest absolute Gasteiger partial charge is 0.416 e. The van der Waals surface area contributed by atoms with Crippen molar-refractivity contribution in [2.45, 2.75) is 18.0 Å². The quantitative estimate of drug-likeness (QED) is 0.350. The number of fused-ring (bicyclic) bond motifs is 1. The third kappa shape index (κ3) is 4.30. The zero-order valence-corrected chi connectivity index (χ0v) is 19.9. The second-order valence-corrected chi connectivity index (χ2v) is 9.33. The van der Waals surface area contributed by atoms with Crippen LogP contribution in [0, 0.1) is 0 Å². The van der Waals surface area contributed by atoms with Crippen LogP contribution >= 0.6 is 11.6 Å².